The predicted molar refractivity (Wildman–Crippen MR) is 105 cm³/mol. The topological polar surface area (TPSA) is 89.1 Å². The highest BCUT2D eigenvalue weighted by Crippen LogP contribution is 2.25. The molecule has 0 saturated carbocycles. The van der Waals surface area contributed by atoms with Crippen LogP contribution in [0, 0.1) is 5.82 Å². The summed E-state index contributed by atoms with van der Waals surface area (Å²) < 4.78 is 20.9. The fourth-order valence-electron chi connectivity index (χ4n) is 3.48. The SMILES string of the molecule is CN1CCC(n2nccc2NC(=O)CCc2nc(-c3ccccc3F)no2)CC1. The maximum Gasteiger partial charge on any atom is 0.227 e. The molecule has 0 aliphatic carbocycles. The summed E-state index contributed by atoms with van der Waals surface area (Å²) in [6, 6.07) is 8.32. The number of amides is 1. The summed E-state index contributed by atoms with van der Waals surface area (Å²) in [5, 5.41) is 11.1. The van der Waals surface area contributed by atoms with Crippen LogP contribution in [-0.4, -0.2) is 50.9 Å². The van der Waals surface area contributed by atoms with Gasteiger partial charge in [0.25, 0.3) is 0 Å². The molecule has 1 aliphatic heterocycles. The Hall–Kier alpha value is -3.07. The Labute approximate surface area is 167 Å². The van der Waals surface area contributed by atoms with Gasteiger partial charge in [-0.25, -0.2) is 9.07 Å². The standard InChI is InChI=1S/C20H23FN6O2/c1-26-12-9-14(10-13-26)27-17(8-11-22-27)23-18(28)6-7-19-24-20(25-29-19)15-4-2-3-5-16(15)21/h2-5,8,11,14H,6-7,9-10,12-13H2,1H3,(H,23,28). The van der Waals surface area contributed by atoms with Crippen LogP contribution in [0.4, 0.5) is 10.2 Å². The Bertz CT molecular complexity index is 977. The van der Waals surface area contributed by atoms with Gasteiger partial charge in [0.05, 0.1) is 17.8 Å². The lowest BCUT2D eigenvalue weighted by Crippen LogP contribution is -2.32. The van der Waals surface area contributed by atoms with Crippen LogP contribution < -0.4 is 5.32 Å². The van der Waals surface area contributed by atoms with Gasteiger partial charge in [0.2, 0.25) is 17.6 Å². The lowest BCUT2D eigenvalue weighted by atomic mass is 10.1. The van der Waals surface area contributed by atoms with Crippen LogP contribution in [0.5, 0.6) is 0 Å². The van der Waals surface area contributed by atoms with Gasteiger partial charge < -0.3 is 14.7 Å². The molecule has 0 bridgehead atoms. The van der Waals surface area contributed by atoms with Crippen molar-refractivity contribution in [3.8, 4) is 11.4 Å². The van der Waals surface area contributed by atoms with Crippen LogP contribution >= 0.6 is 0 Å². The van der Waals surface area contributed by atoms with Gasteiger partial charge in [0, 0.05) is 18.9 Å². The van der Waals surface area contributed by atoms with Gasteiger partial charge in [-0.2, -0.15) is 10.1 Å². The van der Waals surface area contributed by atoms with Crippen molar-refractivity contribution in [2.45, 2.75) is 31.7 Å². The molecule has 152 valence electrons. The zero-order valence-corrected chi connectivity index (χ0v) is 16.2. The van der Waals surface area contributed by atoms with E-state index in [1.807, 2.05) is 4.68 Å². The van der Waals surface area contributed by atoms with E-state index in [1.165, 1.54) is 6.07 Å². The molecule has 1 aliphatic rings. The predicted octanol–water partition coefficient (Wildman–Crippen LogP) is 2.91. The van der Waals surface area contributed by atoms with Crippen LogP contribution in [0.2, 0.25) is 0 Å². The number of halogens is 1. The third-order valence-electron chi connectivity index (χ3n) is 5.12. The summed E-state index contributed by atoms with van der Waals surface area (Å²) in [5.41, 5.74) is 0.272. The first kappa shape index (κ1) is 19.3. The lowest BCUT2D eigenvalue weighted by molar-refractivity contribution is -0.116. The largest absolute Gasteiger partial charge is 0.339 e. The molecule has 0 spiro atoms. The number of anilines is 1. The lowest BCUT2D eigenvalue weighted by Gasteiger charge is -2.30. The number of aromatic nitrogens is 4. The smallest absolute Gasteiger partial charge is 0.227 e. The van der Waals surface area contributed by atoms with E-state index in [-0.39, 0.29) is 36.2 Å². The van der Waals surface area contributed by atoms with Crippen molar-refractivity contribution in [2.75, 3.05) is 25.5 Å². The summed E-state index contributed by atoms with van der Waals surface area (Å²) in [5.74, 6) is 0.591. The summed E-state index contributed by atoms with van der Waals surface area (Å²) in [7, 11) is 2.11. The number of rotatable bonds is 6. The van der Waals surface area contributed by atoms with Crippen molar-refractivity contribution in [1.29, 1.82) is 0 Å². The first-order valence-corrected chi connectivity index (χ1v) is 9.69. The number of carbonyl (C=O) groups is 1. The van der Waals surface area contributed by atoms with Crippen molar-refractivity contribution in [3.05, 3.63) is 48.2 Å². The molecule has 1 N–H and O–H groups in total. The minimum absolute atomic E-state index is 0.162. The number of hydrogen-bond acceptors (Lipinski definition) is 6. The van der Waals surface area contributed by atoms with E-state index in [4.69, 9.17) is 4.52 Å². The van der Waals surface area contributed by atoms with Crippen molar-refractivity contribution in [1.82, 2.24) is 24.8 Å². The third-order valence-corrected chi connectivity index (χ3v) is 5.12. The summed E-state index contributed by atoms with van der Waals surface area (Å²) in [4.78, 5) is 18.9. The van der Waals surface area contributed by atoms with Crippen LogP contribution in [0.15, 0.2) is 41.1 Å². The Morgan fingerprint density at radius 2 is 2.07 bits per heavy atom. The van der Waals surface area contributed by atoms with Crippen LogP contribution in [0.1, 0.15) is 31.2 Å². The van der Waals surface area contributed by atoms with Gasteiger partial charge >= 0.3 is 0 Å². The number of hydrogen-bond donors (Lipinski definition) is 1. The molecule has 4 rings (SSSR count). The Morgan fingerprint density at radius 1 is 1.28 bits per heavy atom. The maximum absolute atomic E-state index is 13.8. The fourth-order valence-corrected chi connectivity index (χ4v) is 3.48. The van der Waals surface area contributed by atoms with Gasteiger partial charge in [-0.1, -0.05) is 17.3 Å². The molecule has 8 nitrogen and oxygen atoms in total. The molecule has 0 atom stereocenters. The van der Waals surface area contributed by atoms with Crippen molar-refractivity contribution in [3.63, 3.8) is 0 Å². The second-order valence-corrected chi connectivity index (χ2v) is 7.24. The molecule has 1 aromatic carbocycles. The zero-order valence-electron chi connectivity index (χ0n) is 16.2. The van der Waals surface area contributed by atoms with E-state index in [0.717, 1.165) is 25.9 Å². The van der Waals surface area contributed by atoms with Gasteiger partial charge in [0.15, 0.2) is 0 Å². The normalized spacial score (nSPS) is 15.5. The van der Waals surface area contributed by atoms with Crippen LogP contribution in [0.3, 0.4) is 0 Å². The molecular weight excluding hydrogens is 375 g/mol. The Morgan fingerprint density at radius 3 is 2.86 bits per heavy atom. The Kier molecular flexibility index (Phi) is 5.66. The molecule has 0 radical (unpaired) electrons. The zero-order chi connectivity index (χ0) is 20.2. The van der Waals surface area contributed by atoms with Crippen LogP contribution in [0.25, 0.3) is 11.4 Å². The molecule has 3 heterocycles. The third kappa shape index (κ3) is 4.51. The van der Waals surface area contributed by atoms with E-state index in [2.05, 4.69) is 32.5 Å². The summed E-state index contributed by atoms with van der Waals surface area (Å²) in [6.45, 7) is 2.03. The Balaban J connectivity index is 1.34. The quantitative estimate of drug-likeness (QED) is 0.687. The van der Waals surface area contributed by atoms with Crippen LogP contribution in [-0.2, 0) is 11.2 Å². The van der Waals surface area contributed by atoms with Gasteiger partial charge in [-0.05, 0) is 45.1 Å². The second-order valence-electron chi connectivity index (χ2n) is 7.24. The highest BCUT2D eigenvalue weighted by molar-refractivity contribution is 5.89. The molecule has 9 heteroatoms. The highest BCUT2D eigenvalue weighted by Gasteiger charge is 2.21. The summed E-state index contributed by atoms with van der Waals surface area (Å²) in [6.07, 6.45) is 4.16. The minimum atomic E-state index is -0.417. The molecule has 1 saturated heterocycles. The molecule has 1 amide bonds. The number of aryl methyl sites for hydroxylation is 1. The number of nitrogens with zero attached hydrogens (tertiary/aromatic N) is 5. The fraction of sp³-hybridized carbons (Fsp3) is 0.400. The maximum atomic E-state index is 13.8. The van der Waals surface area contributed by atoms with Crippen molar-refractivity contribution < 1.29 is 13.7 Å². The van der Waals surface area contributed by atoms with E-state index < -0.39 is 5.82 Å². The average molecular weight is 398 g/mol. The number of benzene rings is 1. The molecule has 3 aromatic rings. The highest BCUT2D eigenvalue weighted by atomic mass is 19.1. The molecule has 2 aromatic heterocycles. The molecule has 0 unspecified atom stereocenters. The number of piperidine rings is 1. The van der Waals surface area contributed by atoms with E-state index in [1.54, 1.807) is 30.5 Å². The van der Waals surface area contributed by atoms with Gasteiger partial charge in [-0.3, -0.25) is 4.79 Å². The minimum Gasteiger partial charge on any atom is -0.339 e. The van der Waals surface area contributed by atoms with E-state index >= 15 is 0 Å². The molecule has 1 fully saturated rings. The summed E-state index contributed by atoms with van der Waals surface area (Å²) >= 11 is 0. The first-order valence-electron chi connectivity index (χ1n) is 9.69. The van der Waals surface area contributed by atoms with E-state index in [0.29, 0.717) is 11.7 Å². The number of likely N-dealkylation sites (tertiary alicyclic amines) is 1. The van der Waals surface area contributed by atoms with Crippen molar-refractivity contribution >= 4 is 11.7 Å². The number of carbonyl (C=O) groups excluding carboxylic acids is 1. The van der Waals surface area contributed by atoms with Gasteiger partial charge in [-0.15, -0.1) is 0 Å². The first-order chi connectivity index (χ1) is 14.1. The molecule has 29 heavy (non-hydrogen) atoms. The van der Waals surface area contributed by atoms with Gasteiger partial charge in [0.1, 0.15) is 11.6 Å². The monoisotopic (exact) mass is 398 g/mol. The second kappa shape index (κ2) is 8.52. The van der Waals surface area contributed by atoms with E-state index in [9.17, 15) is 9.18 Å². The number of nitrogens with one attached hydrogen (secondary N) is 1. The molecular formula is C20H23FN6O2. The van der Waals surface area contributed by atoms with Crippen molar-refractivity contribution in [2.24, 2.45) is 0 Å². The average Bonchev–Trinajstić information content (AvgIpc) is 3.37.